The van der Waals surface area contributed by atoms with E-state index in [4.69, 9.17) is 15.2 Å². The fourth-order valence-corrected chi connectivity index (χ4v) is 2.07. The van der Waals surface area contributed by atoms with Gasteiger partial charge in [-0.3, -0.25) is 0 Å². The van der Waals surface area contributed by atoms with E-state index >= 15 is 0 Å². The monoisotopic (exact) mass is 279 g/mol. The molecule has 2 N–H and O–H groups in total. The van der Waals surface area contributed by atoms with Crippen molar-refractivity contribution in [1.29, 1.82) is 0 Å². The summed E-state index contributed by atoms with van der Waals surface area (Å²) >= 11 is 0. The van der Waals surface area contributed by atoms with E-state index in [0.29, 0.717) is 19.0 Å². The molecule has 0 bridgehead atoms. The maximum absolute atomic E-state index is 11.9. The normalized spacial score (nSPS) is 17.4. The van der Waals surface area contributed by atoms with Crippen LogP contribution in [0.15, 0.2) is 18.3 Å². The van der Waals surface area contributed by atoms with Crippen LogP contribution in [0.4, 0.5) is 4.79 Å². The maximum atomic E-state index is 11.9. The lowest BCUT2D eigenvalue weighted by atomic mass is 9.85. The highest BCUT2D eigenvalue weighted by Crippen LogP contribution is 2.30. The van der Waals surface area contributed by atoms with Crippen LogP contribution in [0.5, 0.6) is 5.88 Å². The molecule has 6 heteroatoms. The summed E-state index contributed by atoms with van der Waals surface area (Å²) in [6, 6.07) is 3.64. The predicted octanol–water partition coefficient (Wildman–Crippen LogP) is 1.49. The Labute approximate surface area is 118 Å². The predicted molar refractivity (Wildman–Crippen MR) is 74.5 cm³/mol. The van der Waals surface area contributed by atoms with E-state index in [2.05, 4.69) is 4.98 Å². The van der Waals surface area contributed by atoms with Crippen LogP contribution in [-0.2, 0) is 10.3 Å². The molecule has 1 aliphatic heterocycles. The Morgan fingerprint density at radius 2 is 2.05 bits per heavy atom. The van der Waals surface area contributed by atoms with Crippen molar-refractivity contribution >= 4 is 6.09 Å². The van der Waals surface area contributed by atoms with Gasteiger partial charge in [-0.1, -0.05) is 6.07 Å². The molecule has 2 rings (SSSR count). The Balaban J connectivity index is 1.98. The fourth-order valence-electron chi connectivity index (χ4n) is 2.07. The Morgan fingerprint density at radius 1 is 1.40 bits per heavy atom. The maximum Gasteiger partial charge on any atom is 0.410 e. The number of carbonyl (C=O) groups excluding carboxylic acids is 1. The van der Waals surface area contributed by atoms with Crippen molar-refractivity contribution in [3.05, 3.63) is 23.9 Å². The highest BCUT2D eigenvalue weighted by atomic mass is 16.6. The molecule has 0 radical (unpaired) electrons. The zero-order valence-electron chi connectivity index (χ0n) is 12.3. The molecule has 1 fully saturated rings. The summed E-state index contributed by atoms with van der Waals surface area (Å²) in [5, 5.41) is 0. The van der Waals surface area contributed by atoms with Gasteiger partial charge in [0.15, 0.2) is 0 Å². The molecule has 110 valence electrons. The number of ether oxygens (including phenoxy) is 2. The average Bonchev–Trinajstić information content (AvgIpc) is 2.33. The molecule has 1 aliphatic rings. The average molecular weight is 279 g/mol. The molecule has 1 saturated heterocycles. The Hall–Kier alpha value is -1.82. The molecular weight excluding hydrogens is 258 g/mol. The number of rotatable bonds is 2. The second kappa shape index (κ2) is 4.94. The molecule has 1 amide bonds. The van der Waals surface area contributed by atoms with Crippen LogP contribution in [0.25, 0.3) is 0 Å². The van der Waals surface area contributed by atoms with Crippen LogP contribution in [-0.4, -0.2) is 41.8 Å². The van der Waals surface area contributed by atoms with Crippen molar-refractivity contribution in [1.82, 2.24) is 9.88 Å². The van der Waals surface area contributed by atoms with Gasteiger partial charge in [0.2, 0.25) is 5.88 Å². The summed E-state index contributed by atoms with van der Waals surface area (Å²) < 4.78 is 10.3. The van der Waals surface area contributed by atoms with Crippen LogP contribution in [0.3, 0.4) is 0 Å². The number of amides is 1. The van der Waals surface area contributed by atoms with Crippen molar-refractivity contribution in [3.63, 3.8) is 0 Å². The number of methoxy groups -OCH3 is 1. The Morgan fingerprint density at radius 3 is 2.50 bits per heavy atom. The zero-order chi connectivity index (χ0) is 15.0. The summed E-state index contributed by atoms with van der Waals surface area (Å²) in [5.41, 5.74) is 6.11. The third-order valence-corrected chi connectivity index (χ3v) is 3.12. The Kier molecular flexibility index (Phi) is 3.60. The quantitative estimate of drug-likeness (QED) is 0.887. The minimum Gasteiger partial charge on any atom is -0.481 e. The highest BCUT2D eigenvalue weighted by molar-refractivity contribution is 5.70. The highest BCUT2D eigenvalue weighted by Gasteiger charge is 2.45. The molecule has 0 unspecified atom stereocenters. The third kappa shape index (κ3) is 3.01. The SMILES string of the molecule is COc1ccc(C2(N)CN(C(=O)OC(C)(C)C)C2)cn1. The molecule has 0 spiro atoms. The van der Waals surface area contributed by atoms with Gasteiger partial charge in [0, 0.05) is 25.4 Å². The van der Waals surface area contributed by atoms with E-state index in [-0.39, 0.29) is 6.09 Å². The molecule has 1 aromatic rings. The van der Waals surface area contributed by atoms with E-state index in [1.54, 1.807) is 24.3 Å². The van der Waals surface area contributed by atoms with Crippen LogP contribution in [0.2, 0.25) is 0 Å². The van der Waals surface area contributed by atoms with E-state index in [9.17, 15) is 4.79 Å². The first-order valence-corrected chi connectivity index (χ1v) is 6.51. The number of aromatic nitrogens is 1. The first-order valence-electron chi connectivity index (χ1n) is 6.51. The topological polar surface area (TPSA) is 77.7 Å². The minimum absolute atomic E-state index is 0.333. The van der Waals surface area contributed by atoms with Gasteiger partial charge in [0.1, 0.15) is 5.60 Å². The van der Waals surface area contributed by atoms with Crippen molar-refractivity contribution in [3.8, 4) is 5.88 Å². The van der Waals surface area contributed by atoms with Gasteiger partial charge in [-0.05, 0) is 26.3 Å². The molecule has 20 heavy (non-hydrogen) atoms. The van der Waals surface area contributed by atoms with E-state index in [0.717, 1.165) is 5.56 Å². The number of hydrogen-bond donors (Lipinski definition) is 1. The van der Waals surface area contributed by atoms with Crippen LogP contribution in [0.1, 0.15) is 26.3 Å². The van der Waals surface area contributed by atoms with Gasteiger partial charge < -0.3 is 20.1 Å². The van der Waals surface area contributed by atoms with Gasteiger partial charge in [-0.2, -0.15) is 0 Å². The zero-order valence-corrected chi connectivity index (χ0v) is 12.3. The second-order valence-corrected chi connectivity index (χ2v) is 6.08. The first-order chi connectivity index (χ1) is 9.23. The number of nitrogens with two attached hydrogens (primary N) is 1. The molecule has 1 aromatic heterocycles. The standard InChI is InChI=1S/C14H21N3O3/c1-13(2,3)20-12(18)17-8-14(15,9-17)10-5-6-11(19-4)16-7-10/h5-7H,8-9,15H2,1-4H3. The number of pyridine rings is 1. The van der Waals surface area contributed by atoms with Crippen molar-refractivity contribution < 1.29 is 14.3 Å². The van der Waals surface area contributed by atoms with Crippen LogP contribution < -0.4 is 10.5 Å². The lowest BCUT2D eigenvalue weighted by Gasteiger charge is -2.47. The fraction of sp³-hybridized carbons (Fsp3) is 0.571. The van der Waals surface area contributed by atoms with Gasteiger partial charge >= 0.3 is 6.09 Å². The molecule has 2 heterocycles. The van der Waals surface area contributed by atoms with Gasteiger partial charge in [0.05, 0.1) is 12.6 Å². The number of hydrogen-bond acceptors (Lipinski definition) is 5. The molecular formula is C14H21N3O3. The van der Waals surface area contributed by atoms with Crippen molar-refractivity contribution in [2.75, 3.05) is 20.2 Å². The number of carbonyl (C=O) groups is 1. The lowest BCUT2D eigenvalue weighted by molar-refractivity contribution is -0.00896. The van der Waals surface area contributed by atoms with Crippen LogP contribution in [0, 0.1) is 0 Å². The van der Waals surface area contributed by atoms with E-state index < -0.39 is 11.1 Å². The van der Waals surface area contributed by atoms with Gasteiger partial charge in [-0.15, -0.1) is 0 Å². The van der Waals surface area contributed by atoms with E-state index in [1.165, 1.54) is 0 Å². The largest absolute Gasteiger partial charge is 0.481 e. The summed E-state index contributed by atoms with van der Waals surface area (Å²) in [6.45, 7) is 6.38. The summed E-state index contributed by atoms with van der Waals surface area (Å²) in [4.78, 5) is 17.6. The smallest absolute Gasteiger partial charge is 0.410 e. The van der Waals surface area contributed by atoms with Crippen molar-refractivity contribution in [2.45, 2.75) is 31.9 Å². The Bertz CT molecular complexity index is 487. The van der Waals surface area contributed by atoms with Crippen LogP contribution >= 0.6 is 0 Å². The first kappa shape index (κ1) is 14.6. The van der Waals surface area contributed by atoms with Crippen molar-refractivity contribution in [2.24, 2.45) is 5.73 Å². The summed E-state index contributed by atoms with van der Waals surface area (Å²) in [5.74, 6) is 0.542. The molecule has 0 aromatic carbocycles. The molecule has 0 aliphatic carbocycles. The van der Waals surface area contributed by atoms with E-state index in [1.807, 2.05) is 26.8 Å². The molecule has 6 nitrogen and oxygen atoms in total. The summed E-state index contributed by atoms with van der Waals surface area (Å²) in [6.07, 6.45) is 1.35. The molecule has 0 saturated carbocycles. The number of likely N-dealkylation sites (tertiary alicyclic amines) is 1. The third-order valence-electron chi connectivity index (χ3n) is 3.12. The lowest BCUT2D eigenvalue weighted by Crippen LogP contribution is -2.66. The second-order valence-electron chi connectivity index (χ2n) is 6.08. The molecule has 0 atom stereocenters. The van der Waals surface area contributed by atoms with Gasteiger partial charge in [-0.25, -0.2) is 9.78 Å². The minimum atomic E-state index is -0.559. The van der Waals surface area contributed by atoms with Gasteiger partial charge in [0.25, 0.3) is 0 Å². The number of nitrogens with zero attached hydrogens (tertiary/aromatic N) is 2. The summed E-state index contributed by atoms with van der Waals surface area (Å²) in [7, 11) is 1.56.